The lowest BCUT2D eigenvalue weighted by molar-refractivity contribution is -0.385. The lowest BCUT2D eigenvalue weighted by Gasteiger charge is -2.13. The zero-order valence-electron chi connectivity index (χ0n) is 16.4. The van der Waals surface area contributed by atoms with E-state index in [1.807, 2.05) is 12.2 Å². The topological polar surface area (TPSA) is 128 Å². The molecule has 1 saturated carbocycles. The molecule has 1 saturated heterocycles. The van der Waals surface area contributed by atoms with Crippen LogP contribution in [0.1, 0.15) is 18.9 Å². The van der Waals surface area contributed by atoms with Gasteiger partial charge in [0.25, 0.3) is 11.8 Å². The van der Waals surface area contributed by atoms with E-state index in [1.54, 1.807) is 6.92 Å². The molecule has 0 aromatic heterocycles. The summed E-state index contributed by atoms with van der Waals surface area (Å²) >= 11 is 6.12. The molecule has 4 atom stereocenters. The first-order chi connectivity index (χ1) is 14.8. The molecule has 11 heteroatoms. The Kier molecular flexibility index (Phi) is 5.48. The molecule has 4 unspecified atom stereocenters. The maximum absolute atomic E-state index is 12.7. The number of hydrazone groups is 1. The van der Waals surface area contributed by atoms with E-state index in [2.05, 4.69) is 5.10 Å². The molecule has 0 N–H and O–H groups in total. The number of imide groups is 1. The number of carbonyl (C=O) groups excluding carboxylic acids is 3. The molecule has 1 aliphatic heterocycles. The predicted molar refractivity (Wildman–Crippen MR) is 107 cm³/mol. The number of rotatable bonds is 7. The minimum Gasteiger partial charge on any atom is -0.474 e. The van der Waals surface area contributed by atoms with Crippen molar-refractivity contribution in [1.82, 2.24) is 5.01 Å². The average Bonchev–Trinajstić information content (AvgIpc) is 3.40. The average molecular weight is 448 g/mol. The van der Waals surface area contributed by atoms with Gasteiger partial charge < -0.3 is 9.47 Å². The van der Waals surface area contributed by atoms with Gasteiger partial charge in [-0.15, -0.1) is 0 Å². The second-order valence-electron chi connectivity index (χ2n) is 7.43. The number of carbonyl (C=O) groups is 3. The van der Waals surface area contributed by atoms with Gasteiger partial charge in [0.05, 0.1) is 34.6 Å². The van der Waals surface area contributed by atoms with Crippen LogP contribution in [0.2, 0.25) is 5.02 Å². The van der Waals surface area contributed by atoms with Crippen molar-refractivity contribution >= 4 is 41.3 Å². The fraction of sp³-hybridized carbons (Fsp3) is 0.400. The van der Waals surface area contributed by atoms with Gasteiger partial charge in [-0.3, -0.25) is 19.7 Å². The van der Waals surface area contributed by atoms with Crippen LogP contribution in [0, 0.1) is 33.8 Å². The van der Waals surface area contributed by atoms with E-state index in [-0.39, 0.29) is 46.6 Å². The Bertz CT molecular complexity index is 1010. The SMILES string of the molecule is CCOC(=O)COc1c(Cl)cc(C=NN2C(=O)C3C4C=CC(C4)C3C2=O)cc1[N+](=O)[O-]. The van der Waals surface area contributed by atoms with E-state index in [4.69, 9.17) is 21.1 Å². The van der Waals surface area contributed by atoms with Crippen molar-refractivity contribution in [2.45, 2.75) is 13.3 Å². The minimum atomic E-state index is -0.719. The summed E-state index contributed by atoms with van der Waals surface area (Å²) < 4.78 is 9.90. The summed E-state index contributed by atoms with van der Waals surface area (Å²) in [5, 5.41) is 16.2. The molecule has 1 aromatic rings. The Morgan fingerprint density at radius 3 is 2.52 bits per heavy atom. The molecule has 31 heavy (non-hydrogen) atoms. The molecular weight excluding hydrogens is 430 g/mol. The van der Waals surface area contributed by atoms with Crippen molar-refractivity contribution in [2.75, 3.05) is 13.2 Å². The Hall–Kier alpha value is -3.27. The maximum atomic E-state index is 12.7. The van der Waals surface area contributed by atoms with Gasteiger partial charge in [0, 0.05) is 11.6 Å². The van der Waals surface area contributed by atoms with Crippen molar-refractivity contribution < 1.29 is 28.8 Å². The number of ether oxygens (including phenoxy) is 2. The predicted octanol–water partition coefficient (Wildman–Crippen LogP) is 2.33. The minimum absolute atomic E-state index is 0.0537. The number of allylic oxidation sites excluding steroid dienone is 2. The Balaban J connectivity index is 1.54. The number of amides is 2. The van der Waals surface area contributed by atoms with Crippen LogP contribution in [0.4, 0.5) is 5.69 Å². The zero-order chi connectivity index (χ0) is 22.3. The van der Waals surface area contributed by atoms with Crippen molar-refractivity contribution in [3.63, 3.8) is 0 Å². The van der Waals surface area contributed by atoms with Crippen LogP contribution in [0.3, 0.4) is 0 Å². The van der Waals surface area contributed by atoms with Crippen molar-refractivity contribution in [3.05, 3.63) is 45.0 Å². The van der Waals surface area contributed by atoms with Crippen LogP contribution >= 0.6 is 11.6 Å². The number of nitro benzene ring substituents is 1. The highest BCUT2D eigenvalue weighted by molar-refractivity contribution is 6.32. The maximum Gasteiger partial charge on any atom is 0.344 e. The summed E-state index contributed by atoms with van der Waals surface area (Å²) in [5.74, 6) is -2.39. The third kappa shape index (κ3) is 3.67. The van der Waals surface area contributed by atoms with Gasteiger partial charge in [0.2, 0.25) is 5.75 Å². The normalized spacial score (nSPS) is 26.1. The molecule has 1 aromatic carbocycles. The monoisotopic (exact) mass is 447 g/mol. The van der Waals surface area contributed by atoms with Gasteiger partial charge >= 0.3 is 11.7 Å². The van der Waals surface area contributed by atoms with Gasteiger partial charge in [-0.1, -0.05) is 23.8 Å². The molecule has 0 spiro atoms. The number of halogens is 1. The quantitative estimate of drug-likeness (QED) is 0.157. The van der Waals surface area contributed by atoms with Crippen molar-refractivity contribution in [3.8, 4) is 5.75 Å². The van der Waals surface area contributed by atoms with E-state index >= 15 is 0 Å². The largest absolute Gasteiger partial charge is 0.474 e. The second kappa shape index (κ2) is 8.10. The Labute approximate surface area is 181 Å². The lowest BCUT2D eigenvalue weighted by atomic mass is 9.85. The molecule has 3 aliphatic rings. The molecule has 162 valence electrons. The van der Waals surface area contributed by atoms with Crippen LogP contribution in [-0.2, 0) is 19.1 Å². The fourth-order valence-electron chi connectivity index (χ4n) is 4.41. The number of hydrogen-bond acceptors (Lipinski definition) is 8. The molecule has 2 bridgehead atoms. The summed E-state index contributed by atoms with van der Waals surface area (Å²) in [4.78, 5) is 47.5. The first-order valence-electron chi connectivity index (χ1n) is 9.68. The molecule has 2 aliphatic carbocycles. The highest BCUT2D eigenvalue weighted by Gasteiger charge is 2.59. The standard InChI is InChI=1S/C20H18ClN3O7/c1-2-30-15(25)9-31-18-13(21)5-10(6-14(18)24(28)29)8-22-23-19(26)16-11-3-4-12(7-11)17(16)20(23)27/h3-6,8,11-12,16-17H,2,7,9H2,1H3. The molecule has 2 amide bonds. The van der Waals surface area contributed by atoms with Crippen LogP contribution in [0.15, 0.2) is 29.4 Å². The van der Waals surface area contributed by atoms with Gasteiger partial charge in [0.15, 0.2) is 6.61 Å². The van der Waals surface area contributed by atoms with E-state index in [1.165, 1.54) is 12.3 Å². The third-order valence-corrected chi connectivity index (χ3v) is 5.93. The number of benzene rings is 1. The summed E-state index contributed by atoms with van der Waals surface area (Å²) in [5.41, 5.74) is -0.296. The van der Waals surface area contributed by atoms with Crippen molar-refractivity contribution in [1.29, 1.82) is 0 Å². The van der Waals surface area contributed by atoms with Crippen LogP contribution in [-0.4, -0.2) is 47.1 Å². The van der Waals surface area contributed by atoms with Gasteiger partial charge in [0.1, 0.15) is 0 Å². The van der Waals surface area contributed by atoms with Crippen molar-refractivity contribution in [2.24, 2.45) is 28.8 Å². The van der Waals surface area contributed by atoms with Crippen LogP contribution in [0.25, 0.3) is 0 Å². The van der Waals surface area contributed by atoms with Gasteiger partial charge in [-0.05, 0) is 31.2 Å². The first-order valence-corrected chi connectivity index (χ1v) is 10.1. The van der Waals surface area contributed by atoms with E-state index in [9.17, 15) is 24.5 Å². The van der Waals surface area contributed by atoms with E-state index in [0.29, 0.717) is 0 Å². The molecule has 10 nitrogen and oxygen atoms in total. The molecule has 2 fully saturated rings. The number of esters is 1. The number of nitro groups is 1. The van der Waals surface area contributed by atoms with Crippen LogP contribution in [0.5, 0.6) is 5.75 Å². The third-order valence-electron chi connectivity index (χ3n) is 5.65. The Morgan fingerprint density at radius 1 is 1.29 bits per heavy atom. The lowest BCUT2D eigenvalue weighted by Crippen LogP contribution is -2.28. The summed E-state index contributed by atoms with van der Waals surface area (Å²) in [6.45, 7) is 1.21. The van der Waals surface area contributed by atoms with Gasteiger partial charge in [-0.2, -0.15) is 10.1 Å². The van der Waals surface area contributed by atoms with E-state index in [0.717, 1.165) is 17.5 Å². The smallest absolute Gasteiger partial charge is 0.344 e. The van der Waals surface area contributed by atoms with E-state index < -0.39 is 35.0 Å². The van der Waals surface area contributed by atoms with Gasteiger partial charge in [-0.25, -0.2) is 4.79 Å². The molecular formula is C20H18ClN3O7. The summed E-state index contributed by atoms with van der Waals surface area (Å²) in [6.07, 6.45) is 5.92. The number of nitrogens with zero attached hydrogens (tertiary/aromatic N) is 3. The first kappa shape index (κ1) is 21.0. The highest BCUT2D eigenvalue weighted by atomic mass is 35.5. The molecule has 0 radical (unpaired) electrons. The molecule has 4 rings (SSSR count). The summed E-state index contributed by atoms with van der Waals surface area (Å²) in [6, 6.07) is 2.46. The fourth-order valence-corrected chi connectivity index (χ4v) is 4.69. The number of fused-ring (bicyclic) bond motifs is 5. The zero-order valence-corrected chi connectivity index (χ0v) is 17.2. The Morgan fingerprint density at radius 2 is 1.94 bits per heavy atom. The highest BCUT2D eigenvalue weighted by Crippen LogP contribution is 2.52. The second-order valence-corrected chi connectivity index (χ2v) is 7.84. The van der Waals surface area contributed by atoms with Crippen LogP contribution < -0.4 is 4.74 Å². The number of hydrogen-bond donors (Lipinski definition) is 0. The molecule has 1 heterocycles. The summed E-state index contributed by atoms with van der Waals surface area (Å²) in [7, 11) is 0.